The number of carbonyl (C=O) groups excluding carboxylic acids is 2. The molecular weight excluding hydrogens is 364 g/mol. The molecule has 25 heavy (non-hydrogen) atoms. The number of hydrogen-bond donors (Lipinski definition) is 2. The molecule has 7 nitrogen and oxygen atoms in total. The van der Waals surface area contributed by atoms with Gasteiger partial charge in [-0.25, -0.2) is 9.78 Å². The number of fused-ring (bicyclic) bond motifs is 1. The van der Waals surface area contributed by atoms with Gasteiger partial charge in [-0.3, -0.25) is 19.5 Å². The summed E-state index contributed by atoms with van der Waals surface area (Å²) in [6.45, 7) is 5.51. The summed E-state index contributed by atoms with van der Waals surface area (Å²) in [6, 6.07) is 4.25. The molecule has 2 rings (SSSR count). The van der Waals surface area contributed by atoms with Crippen molar-refractivity contribution < 1.29 is 9.59 Å². The SMILES string of the molecule is C=CCn1c(S[C@@H](C)C(=O)NC(=O)NC)nc2ccc(Cl)cc2c1=O. The first-order valence-corrected chi connectivity index (χ1v) is 8.63. The second-order valence-electron chi connectivity index (χ2n) is 5.09. The zero-order chi connectivity index (χ0) is 18.6. The van der Waals surface area contributed by atoms with Gasteiger partial charge >= 0.3 is 6.03 Å². The van der Waals surface area contributed by atoms with E-state index in [1.54, 1.807) is 31.2 Å². The molecule has 1 aromatic heterocycles. The number of nitrogens with one attached hydrogen (secondary N) is 2. The number of aromatic nitrogens is 2. The number of hydrogen-bond acceptors (Lipinski definition) is 5. The van der Waals surface area contributed by atoms with Crippen LogP contribution >= 0.6 is 23.4 Å². The van der Waals surface area contributed by atoms with E-state index in [0.29, 0.717) is 21.1 Å². The van der Waals surface area contributed by atoms with E-state index in [1.165, 1.54) is 11.6 Å². The largest absolute Gasteiger partial charge is 0.341 e. The van der Waals surface area contributed by atoms with E-state index in [2.05, 4.69) is 22.2 Å². The summed E-state index contributed by atoms with van der Waals surface area (Å²) in [4.78, 5) is 40.5. The average molecular weight is 381 g/mol. The summed E-state index contributed by atoms with van der Waals surface area (Å²) in [5.41, 5.74) is 0.213. The summed E-state index contributed by atoms with van der Waals surface area (Å²) in [7, 11) is 1.41. The van der Waals surface area contributed by atoms with Crippen molar-refractivity contribution in [3.05, 3.63) is 46.2 Å². The van der Waals surface area contributed by atoms with Gasteiger partial charge in [0.25, 0.3) is 5.56 Å². The third-order valence-corrected chi connectivity index (χ3v) is 4.63. The van der Waals surface area contributed by atoms with Gasteiger partial charge in [0.05, 0.1) is 16.2 Å². The number of urea groups is 1. The Morgan fingerprint density at radius 3 is 2.84 bits per heavy atom. The molecule has 2 aromatic rings. The Kier molecular flexibility index (Phi) is 6.22. The Bertz CT molecular complexity index is 897. The number of benzene rings is 1. The monoisotopic (exact) mass is 380 g/mol. The third-order valence-electron chi connectivity index (χ3n) is 3.31. The van der Waals surface area contributed by atoms with E-state index >= 15 is 0 Å². The van der Waals surface area contributed by atoms with Crippen molar-refractivity contribution in [1.82, 2.24) is 20.2 Å². The Morgan fingerprint density at radius 1 is 1.48 bits per heavy atom. The van der Waals surface area contributed by atoms with Crippen molar-refractivity contribution in [3.63, 3.8) is 0 Å². The Morgan fingerprint density at radius 2 is 2.20 bits per heavy atom. The molecule has 0 saturated heterocycles. The number of allylic oxidation sites excluding steroid dienone is 1. The lowest BCUT2D eigenvalue weighted by Gasteiger charge is -2.15. The highest BCUT2D eigenvalue weighted by Gasteiger charge is 2.20. The molecule has 0 spiro atoms. The number of nitrogens with zero attached hydrogens (tertiary/aromatic N) is 2. The Labute approximate surface area is 153 Å². The molecule has 0 radical (unpaired) electrons. The number of rotatable bonds is 5. The maximum Gasteiger partial charge on any atom is 0.321 e. The molecule has 0 fully saturated rings. The molecule has 0 aliphatic heterocycles. The van der Waals surface area contributed by atoms with Crippen molar-refractivity contribution in [2.45, 2.75) is 23.9 Å². The van der Waals surface area contributed by atoms with Gasteiger partial charge < -0.3 is 5.32 Å². The van der Waals surface area contributed by atoms with Crippen LogP contribution < -0.4 is 16.2 Å². The fraction of sp³-hybridized carbons (Fsp3) is 0.250. The molecule has 132 valence electrons. The van der Waals surface area contributed by atoms with E-state index in [4.69, 9.17) is 11.6 Å². The molecule has 0 unspecified atom stereocenters. The number of halogens is 1. The van der Waals surface area contributed by atoms with Gasteiger partial charge in [-0.2, -0.15) is 0 Å². The lowest BCUT2D eigenvalue weighted by Crippen LogP contribution is -2.41. The maximum absolute atomic E-state index is 12.7. The first-order chi connectivity index (χ1) is 11.9. The lowest BCUT2D eigenvalue weighted by atomic mass is 10.2. The predicted molar refractivity (Wildman–Crippen MR) is 99.1 cm³/mol. The van der Waals surface area contributed by atoms with Crippen LogP contribution in [0.4, 0.5) is 4.79 Å². The number of carbonyl (C=O) groups is 2. The maximum atomic E-state index is 12.7. The third kappa shape index (κ3) is 4.40. The topological polar surface area (TPSA) is 93.1 Å². The molecule has 1 atom stereocenters. The summed E-state index contributed by atoms with van der Waals surface area (Å²) < 4.78 is 1.42. The van der Waals surface area contributed by atoms with Gasteiger partial charge in [-0.15, -0.1) is 6.58 Å². The molecular formula is C16H17ClN4O3S. The molecule has 3 amide bonds. The van der Waals surface area contributed by atoms with Crippen molar-refractivity contribution >= 4 is 46.2 Å². The number of thioether (sulfide) groups is 1. The van der Waals surface area contributed by atoms with Crippen molar-refractivity contribution in [1.29, 1.82) is 0 Å². The fourth-order valence-electron chi connectivity index (χ4n) is 2.04. The first-order valence-electron chi connectivity index (χ1n) is 7.37. The minimum Gasteiger partial charge on any atom is -0.341 e. The number of amides is 3. The Hall–Kier alpha value is -2.32. The van der Waals surface area contributed by atoms with E-state index < -0.39 is 17.2 Å². The molecule has 0 bridgehead atoms. The highest BCUT2D eigenvalue weighted by Crippen LogP contribution is 2.23. The summed E-state index contributed by atoms with van der Waals surface area (Å²) in [5, 5.41) is 5.06. The van der Waals surface area contributed by atoms with Crippen molar-refractivity contribution in [3.8, 4) is 0 Å². The summed E-state index contributed by atoms with van der Waals surface area (Å²) >= 11 is 7.04. The van der Waals surface area contributed by atoms with E-state index in [1.807, 2.05) is 0 Å². The van der Waals surface area contributed by atoms with Gasteiger partial charge in [0, 0.05) is 18.6 Å². The second-order valence-corrected chi connectivity index (χ2v) is 6.83. The van der Waals surface area contributed by atoms with Crippen LogP contribution in [0.2, 0.25) is 5.02 Å². The van der Waals surface area contributed by atoms with Crippen LogP contribution in [0.25, 0.3) is 10.9 Å². The molecule has 0 saturated carbocycles. The van der Waals surface area contributed by atoms with Crippen LogP contribution in [0.15, 0.2) is 40.8 Å². The van der Waals surface area contributed by atoms with Gasteiger partial charge in [-0.1, -0.05) is 29.4 Å². The molecule has 1 aromatic carbocycles. The summed E-state index contributed by atoms with van der Waals surface area (Å²) in [6.07, 6.45) is 1.57. The molecule has 9 heteroatoms. The van der Waals surface area contributed by atoms with Crippen molar-refractivity contribution in [2.75, 3.05) is 7.05 Å². The molecule has 2 N–H and O–H groups in total. The summed E-state index contributed by atoms with van der Waals surface area (Å²) in [5.74, 6) is -0.486. The van der Waals surface area contributed by atoms with E-state index in [0.717, 1.165) is 11.8 Å². The predicted octanol–water partition coefficient (Wildman–Crippen LogP) is 2.17. The van der Waals surface area contributed by atoms with Gasteiger partial charge in [0.2, 0.25) is 5.91 Å². The number of imide groups is 1. The van der Waals surface area contributed by atoms with Gasteiger partial charge in [0.15, 0.2) is 5.16 Å². The van der Waals surface area contributed by atoms with E-state index in [9.17, 15) is 14.4 Å². The molecule has 1 heterocycles. The zero-order valence-corrected chi connectivity index (χ0v) is 15.3. The normalized spacial score (nSPS) is 11.8. The van der Waals surface area contributed by atoms with Crippen LogP contribution in [0.5, 0.6) is 0 Å². The fourth-order valence-corrected chi connectivity index (χ4v) is 3.13. The van der Waals surface area contributed by atoms with Crippen LogP contribution in [-0.2, 0) is 11.3 Å². The minimum atomic E-state index is -0.634. The molecule has 0 aliphatic rings. The minimum absolute atomic E-state index is 0.237. The highest BCUT2D eigenvalue weighted by molar-refractivity contribution is 8.00. The quantitative estimate of drug-likeness (QED) is 0.471. The molecule has 0 aliphatic carbocycles. The first kappa shape index (κ1) is 19.0. The van der Waals surface area contributed by atoms with Crippen LogP contribution in [0.3, 0.4) is 0 Å². The van der Waals surface area contributed by atoms with Crippen LogP contribution in [0.1, 0.15) is 6.92 Å². The highest BCUT2D eigenvalue weighted by atomic mass is 35.5. The lowest BCUT2D eigenvalue weighted by molar-refractivity contribution is -0.119. The van der Waals surface area contributed by atoms with Crippen LogP contribution in [0, 0.1) is 0 Å². The Balaban J connectivity index is 2.42. The van der Waals surface area contributed by atoms with Gasteiger partial charge in [-0.05, 0) is 25.1 Å². The standard InChI is InChI=1S/C16H17ClN4O3S/c1-4-7-21-14(23)11-8-10(17)5-6-12(11)19-16(21)25-9(2)13(22)20-15(24)18-3/h4-6,8-9H,1,7H2,2-3H3,(H2,18,20,22,24)/t9-/m0/s1. The van der Waals surface area contributed by atoms with Gasteiger partial charge in [0.1, 0.15) is 0 Å². The van der Waals surface area contributed by atoms with Crippen molar-refractivity contribution in [2.24, 2.45) is 0 Å². The van der Waals surface area contributed by atoms with Crippen LogP contribution in [-0.4, -0.2) is 33.8 Å². The zero-order valence-electron chi connectivity index (χ0n) is 13.7. The van der Waals surface area contributed by atoms with E-state index in [-0.39, 0.29) is 12.1 Å². The average Bonchev–Trinajstić information content (AvgIpc) is 2.58. The smallest absolute Gasteiger partial charge is 0.321 e. The second kappa shape index (κ2) is 8.17.